The van der Waals surface area contributed by atoms with Crippen molar-refractivity contribution >= 4 is 22.8 Å². The van der Waals surface area contributed by atoms with Gasteiger partial charge in [-0.1, -0.05) is 52.7 Å². The SMILES string of the molecule is CCC(CC)CNC(=O)c1ccc2c(CC(C)C)cn(Cc3ccc(C(=O)OC)cc3OC)c2c1. The van der Waals surface area contributed by atoms with Gasteiger partial charge < -0.3 is 19.4 Å². The van der Waals surface area contributed by atoms with E-state index in [1.807, 2.05) is 18.2 Å². The molecule has 0 bridgehead atoms. The summed E-state index contributed by atoms with van der Waals surface area (Å²) in [4.78, 5) is 24.9. The van der Waals surface area contributed by atoms with Gasteiger partial charge in [0.15, 0.2) is 0 Å². The molecule has 6 heteroatoms. The van der Waals surface area contributed by atoms with E-state index in [4.69, 9.17) is 9.47 Å². The number of fused-ring (bicyclic) bond motifs is 1. The Morgan fingerprint density at radius 3 is 2.31 bits per heavy atom. The van der Waals surface area contributed by atoms with Crippen LogP contribution < -0.4 is 10.1 Å². The molecule has 1 heterocycles. The monoisotopic (exact) mass is 478 g/mol. The third kappa shape index (κ3) is 6.24. The van der Waals surface area contributed by atoms with E-state index in [0.29, 0.717) is 41.8 Å². The molecule has 3 rings (SSSR count). The molecule has 188 valence electrons. The minimum absolute atomic E-state index is 0.0445. The summed E-state index contributed by atoms with van der Waals surface area (Å²) < 4.78 is 12.6. The number of ether oxygens (including phenoxy) is 2. The molecule has 0 aliphatic carbocycles. The summed E-state index contributed by atoms with van der Waals surface area (Å²) in [5.74, 6) is 1.18. The predicted octanol–water partition coefficient (Wildman–Crippen LogP) is 5.85. The highest BCUT2D eigenvalue weighted by Gasteiger charge is 2.16. The first-order valence-electron chi connectivity index (χ1n) is 12.5. The minimum atomic E-state index is -0.399. The highest BCUT2D eigenvalue weighted by molar-refractivity contribution is 5.98. The van der Waals surface area contributed by atoms with Gasteiger partial charge in [0.1, 0.15) is 5.75 Å². The van der Waals surface area contributed by atoms with Crippen molar-refractivity contribution < 1.29 is 19.1 Å². The summed E-state index contributed by atoms with van der Waals surface area (Å²) >= 11 is 0. The van der Waals surface area contributed by atoms with E-state index in [1.54, 1.807) is 19.2 Å². The van der Waals surface area contributed by atoms with Gasteiger partial charge in [0.05, 0.1) is 26.3 Å². The van der Waals surface area contributed by atoms with Crippen LogP contribution in [-0.2, 0) is 17.7 Å². The van der Waals surface area contributed by atoms with Gasteiger partial charge in [0, 0.05) is 34.8 Å². The third-order valence-corrected chi connectivity index (χ3v) is 6.61. The molecule has 3 aromatic rings. The lowest BCUT2D eigenvalue weighted by Gasteiger charge is -2.14. The highest BCUT2D eigenvalue weighted by atomic mass is 16.5. The van der Waals surface area contributed by atoms with E-state index in [1.165, 1.54) is 12.7 Å². The standard InChI is InChI=1S/C29H38N2O4/c1-7-20(8-2)16-30-28(32)21-11-12-25-24(13-19(3)4)18-31(26(25)14-21)17-23-10-9-22(29(33)35-6)15-27(23)34-5/h9-12,14-15,18-20H,7-8,13,16-17H2,1-6H3,(H,30,32). The summed E-state index contributed by atoms with van der Waals surface area (Å²) in [7, 11) is 2.96. The fourth-order valence-corrected chi connectivity index (χ4v) is 4.46. The van der Waals surface area contributed by atoms with Crippen molar-refractivity contribution in [3.63, 3.8) is 0 Å². The van der Waals surface area contributed by atoms with Crippen LogP contribution in [0.5, 0.6) is 5.75 Å². The summed E-state index contributed by atoms with van der Waals surface area (Å²) in [5.41, 5.74) is 4.31. The number of nitrogens with one attached hydrogen (secondary N) is 1. The van der Waals surface area contributed by atoms with Crippen molar-refractivity contribution in [3.8, 4) is 5.75 Å². The second-order valence-corrected chi connectivity index (χ2v) is 9.52. The van der Waals surface area contributed by atoms with Crippen LogP contribution >= 0.6 is 0 Å². The molecule has 1 aromatic heterocycles. The van der Waals surface area contributed by atoms with E-state index in [-0.39, 0.29) is 5.91 Å². The van der Waals surface area contributed by atoms with Gasteiger partial charge >= 0.3 is 5.97 Å². The Morgan fingerprint density at radius 1 is 0.971 bits per heavy atom. The van der Waals surface area contributed by atoms with Crippen LogP contribution in [0.4, 0.5) is 0 Å². The summed E-state index contributed by atoms with van der Waals surface area (Å²) in [6, 6.07) is 11.3. The number of hydrogen-bond acceptors (Lipinski definition) is 4. The fraction of sp³-hybridized carbons (Fsp3) is 0.448. The maximum absolute atomic E-state index is 12.9. The second-order valence-electron chi connectivity index (χ2n) is 9.52. The quantitative estimate of drug-likeness (QED) is 0.351. The smallest absolute Gasteiger partial charge is 0.337 e. The Balaban J connectivity index is 1.98. The zero-order chi connectivity index (χ0) is 25.5. The maximum Gasteiger partial charge on any atom is 0.337 e. The minimum Gasteiger partial charge on any atom is -0.496 e. The number of hydrogen-bond donors (Lipinski definition) is 1. The Hall–Kier alpha value is -3.28. The molecule has 1 N–H and O–H groups in total. The summed E-state index contributed by atoms with van der Waals surface area (Å²) in [6.45, 7) is 9.96. The van der Waals surface area contributed by atoms with Gasteiger partial charge in [0.2, 0.25) is 0 Å². The first-order chi connectivity index (χ1) is 16.8. The Bertz CT molecular complexity index is 1170. The first kappa shape index (κ1) is 26.3. The summed E-state index contributed by atoms with van der Waals surface area (Å²) in [5, 5.41) is 4.26. The summed E-state index contributed by atoms with van der Waals surface area (Å²) in [6.07, 6.45) is 5.22. The molecule has 6 nitrogen and oxygen atoms in total. The lowest BCUT2D eigenvalue weighted by Crippen LogP contribution is -2.28. The van der Waals surface area contributed by atoms with Crippen LogP contribution in [-0.4, -0.2) is 37.2 Å². The number of aromatic nitrogens is 1. The van der Waals surface area contributed by atoms with Crippen LogP contribution in [0.15, 0.2) is 42.6 Å². The van der Waals surface area contributed by atoms with Gasteiger partial charge in [0.25, 0.3) is 5.91 Å². The van der Waals surface area contributed by atoms with E-state index in [2.05, 4.69) is 49.8 Å². The van der Waals surface area contributed by atoms with E-state index in [9.17, 15) is 9.59 Å². The lowest BCUT2D eigenvalue weighted by atomic mass is 10.0. The van der Waals surface area contributed by atoms with Crippen molar-refractivity contribution in [1.82, 2.24) is 9.88 Å². The van der Waals surface area contributed by atoms with Crippen LogP contribution in [0.1, 0.15) is 72.4 Å². The number of esters is 1. The van der Waals surface area contributed by atoms with E-state index >= 15 is 0 Å². The maximum atomic E-state index is 12.9. The van der Waals surface area contributed by atoms with E-state index in [0.717, 1.165) is 35.7 Å². The number of methoxy groups -OCH3 is 2. The Kier molecular flexibility index (Phi) is 8.96. The van der Waals surface area contributed by atoms with Gasteiger partial charge in [-0.2, -0.15) is 0 Å². The number of rotatable bonds is 11. The van der Waals surface area contributed by atoms with Crippen LogP contribution in [0.3, 0.4) is 0 Å². The Morgan fingerprint density at radius 2 is 1.69 bits per heavy atom. The van der Waals surface area contributed by atoms with Crippen LogP contribution in [0.2, 0.25) is 0 Å². The third-order valence-electron chi connectivity index (χ3n) is 6.61. The molecule has 0 atom stereocenters. The highest BCUT2D eigenvalue weighted by Crippen LogP contribution is 2.29. The van der Waals surface area contributed by atoms with Crippen molar-refractivity contribution in [2.24, 2.45) is 11.8 Å². The van der Waals surface area contributed by atoms with Crippen molar-refractivity contribution in [1.29, 1.82) is 0 Å². The van der Waals surface area contributed by atoms with Crippen LogP contribution in [0, 0.1) is 11.8 Å². The molecule has 2 aromatic carbocycles. The van der Waals surface area contributed by atoms with Crippen molar-refractivity contribution in [2.75, 3.05) is 20.8 Å². The normalized spacial score (nSPS) is 11.3. The van der Waals surface area contributed by atoms with Gasteiger partial charge in [-0.25, -0.2) is 4.79 Å². The van der Waals surface area contributed by atoms with E-state index < -0.39 is 5.97 Å². The molecule has 0 saturated heterocycles. The molecule has 0 aliphatic rings. The van der Waals surface area contributed by atoms with Crippen molar-refractivity contribution in [2.45, 2.75) is 53.5 Å². The topological polar surface area (TPSA) is 69.6 Å². The lowest BCUT2D eigenvalue weighted by molar-refractivity contribution is 0.0600. The molecule has 0 fully saturated rings. The molecular weight excluding hydrogens is 440 g/mol. The predicted molar refractivity (Wildman–Crippen MR) is 140 cm³/mol. The van der Waals surface area contributed by atoms with Gasteiger partial charge in [-0.3, -0.25) is 4.79 Å². The van der Waals surface area contributed by atoms with Gasteiger partial charge in [-0.15, -0.1) is 0 Å². The van der Waals surface area contributed by atoms with Gasteiger partial charge in [-0.05, 0) is 48.1 Å². The zero-order valence-corrected chi connectivity index (χ0v) is 21.8. The number of benzene rings is 2. The first-order valence-corrected chi connectivity index (χ1v) is 12.5. The molecule has 1 amide bonds. The second kappa shape index (κ2) is 11.9. The Labute approximate surface area is 208 Å². The number of amides is 1. The molecule has 0 aliphatic heterocycles. The number of carbonyl (C=O) groups excluding carboxylic acids is 2. The molecular formula is C29H38N2O4. The average Bonchev–Trinajstić information content (AvgIpc) is 3.19. The zero-order valence-electron chi connectivity index (χ0n) is 21.8. The molecule has 0 radical (unpaired) electrons. The average molecular weight is 479 g/mol. The molecule has 35 heavy (non-hydrogen) atoms. The number of nitrogens with zero attached hydrogens (tertiary/aromatic N) is 1. The van der Waals surface area contributed by atoms with Crippen molar-refractivity contribution in [3.05, 3.63) is 64.8 Å². The van der Waals surface area contributed by atoms with Crippen LogP contribution in [0.25, 0.3) is 10.9 Å². The molecule has 0 unspecified atom stereocenters. The molecule has 0 saturated carbocycles. The number of carbonyl (C=O) groups is 2. The fourth-order valence-electron chi connectivity index (χ4n) is 4.46. The largest absolute Gasteiger partial charge is 0.496 e. The molecule has 0 spiro atoms.